The highest BCUT2D eigenvalue weighted by atomic mass is 16.1. The average Bonchev–Trinajstić information content (AvgIpc) is 2.29. The van der Waals surface area contributed by atoms with Gasteiger partial charge in [-0.1, -0.05) is 19.8 Å². The standard InChI is InChI=1S/C13H19N3O/c1-9-3-2-4-11(7-9)16-13(17)10-5-6-12(14)15-8-10/h5-6,8-9,11H,2-4,7H2,1H3,(H2,14,15)(H,16,17). The molecular weight excluding hydrogens is 214 g/mol. The van der Waals surface area contributed by atoms with Gasteiger partial charge in [-0.05, 0) is 30.9 Å². The summed E-state index contributed by atoms with van der Waals surface area (Å²) in [7, 11) is 0. The molecule has 1 aromatic rings. The second kappa shape index (κ2) is 5.17. The van der Waals surface area contributed by atoms with E-state index >= 15 is 0 Å². The molecule has 2 unspecified atom stereocenters. The van der Waals surface area contributed by atoms with Crippen molar-refractivity contribution in [3.05, 3.63) is 23.9 Å². The zero-order valence-corrected chi connectivity index (χ0v) is 10.1. The first kappa shape index (κ1) is 11.9. The Balaban J connectivity index is 1.94. The van der Waals surface area contributed by atoms with E-state index < -0.39 is 0 Å². The predicted octanol–water partition coefficient (Wildman–Crippen LogP) is 1.97. The number of nitrogen functional groups attached to an aromatic ring is 1. The lowest BCUT2D eigenvalue weighted by molar-refractivity contribution is 0.0921. The minimum absolute atomic E-state index is 0.0448. The monoisotopic (exact) mass is 233 g/mol. The Hall–Kier alpha value is -1.58. The van der Waals surface area contributed by atoms with Crippen LogP contribution >= 0.6 is 0 Å². The van der Waals surface area contributed by atoms with Crippen molar-refractivity contribution in [2.75, 3.05) is 5.73 Å². The fourth-order valence-corrected chi connectivity index (χ4v) is 2.37. The Morgan fingerprint density at radius 2 is 2.29 bits per heavy atom. The third-order valence-electron chi connectivity index (χ3n) is 3.32. The molecule has 0 aromatic carbocycles. The summed E-state index contributed by atoms with van der Waals surface area (Å²) in [6.45, 7) is 2.24. The van der Waals surface area contributed by atoms with Crippen molar-refractivity contribution < 1.29 is 4.79 Å². The molecule has 2 rings (SSSR count). The Morgan fingerprint density at radius 1 is 1.47 bits per heavy atom. The molecule has 92 valence electrons. The van der Waals surface area contributed by atoms with E-state index in [1.807, 2.05) is 0 Å². The number of anilines is 1. The van der Waals surface area contributed by atoms with Crippen molar-refractivity contribution >= 4 is 11.7 Å². The van der Waals surface area contributed by atoms with E-state index in [9.17, 15) is 4.79 Å². The van der Waals surface area contributed by atoms with E-state index in [0.717, 1.165) is 12.8 Å². The summed E-state index contributed by atoms with van der Waals surface area (Å²) in [6, 6.07) is 3.67. The molecule has 4 heteroatoms. The van der Waals surface area contributed by atoms with Gasteiger partial charge in [-0.3, -0.25) is 4.79 Å². The fraction of sp³-hybridized carbons (Fsp3) is 0.538. The second-order valence-electron chi connectivity index (χ2n) is 4.91. The van der Waals surface area contributed by atoms with E-state index in [0.29, 0.717) is 23.3 Å². The van der Waals surface area contributed by atoms with Gasteiger partial charge in [0.1, 0.15) is 5.82 Å². The summed E-state index contributed by atoms with van der Waals surface area (Å²) < 4.78 is 0. The largest absolute Gasteiger partial charge is 0.384 e. The molecule has 1 heterocycles. The highest BCUT2D eigenvalue weighted by Gasteiger charge is 2.20. The van der Waals surface area contributed by atoms with Crippen LogP contribution in [0, 0.1) is 5.92 Å². The van der Waals surface area contributed by atoms with Crippen LogP contribution in [0.1, 0.15) is 43.0 Å². The summed E-state index contributed by atoms with van der Waals surface area (Å²) in [5, 5.41) is 3.07. The van der Waals surface area contributed by atoms with Crippen molar-refractivity contribution in [3.8, 4) is 0 Å². The molecule has 1 aliphatic carbocycles. The van der Waals surface area contributed by atoms with Crippen molar-refractivity contribution in [2.45, 2.75) is 38.6 Å². The first-order valence-corrected chi connectivity index (χ1v) is 6.17. The number of nitrogens with zero attached hydrogens (tertiary/aromatic N) is 1. The molecule has 1 fully saturated rings. The number of rotatable bonds is 2. The smallest absolute Gasteiger partial charge is 0.253 e. The highest BCUT2D eigenvalue weighted by molar-refractivity contribution is 5.94. The van der Waals surface area contributed by atoms with Crippen molar-refractivity contribution in [3.63, 3.8) is 0 Å². The van der Waals surface area contributed by atoms with E-state index in [2.05, 4.69) is 17.2 Å². The molecule has 2 atom stereocenters. The number of pyridine rings is 1. The van der Waals surface area contributed by atoms with Crippen LogP contribution in [0.2, 0.25) is 0 Å². The van der Waals surface area contributed by atoms with Crippen LogP contribution in [0.5, 0.6) is 0 Å². The molecule has 1 amide bonds. The SMILES string of the molecule is CC1CCCC(NC(=O)c2ccc(N)nc2)C1. The number of hydrogen-bond donors (Lipinski definition) is 2. The van der Waals surface area contributed by atoms with E-state index in [1.54, 1.807) is 12.1 Å². The van der Waals surface area contributed by atoms with E-state index in [4.69, 9.17) is 5.73 Å². The molecule has 1 aliphatic rings. The molecule has 0 saturated heterocycles. The van der Waals surface area contributed by atoms with Gasteiger partial charge in [-0.25, -0.2) is 4.98 Å². The quantitative estimate of drug-likeness (QED) is 0.820. The van der Waals surface area contributed by atoms with E-state index in [1.165, 1.54) is 19.0 Å². The minimum atomic E-state index is -0.0448. The van der Waals surface area contributed by atoms with Crippen LogP contribution in [-0.4, -0.2) is 16.9 Å². The van der Waals surface area contributed by atoms with Crippen molar-refractivity contribution in [1.82, 2.24) is 10.3 Å². The molecule has 17 heavy (non-hydrogen) atoms. The summed E-state index contributed by atoms with van der Waals surface area (Å²) in [6.07, 6.45) is 6.16. The Labute approximate surface area is 102 Å². The summed E-state index contributed by atoms with van der Waals surface area (Å²) >= 11 is 0. The molecule has 4 nitrogen and oxygen atoms in total. The molecule has 0 bridgehead atoms. The van der Waals surface area contributed by atoms with Crippen molar-refractivity contribution in [2.24, 2.45) is 5.92 Å². The summed E-state index contributed by atoms with van der Waals surface area (Å²) in [4.78, 5) is 15.9. The van der Waals surface area contributed by atoms with Gasteiger partial charge in [0.15, 0.2) is 0 Å². The topological polar surface area (TPSA) is 68.0 Å². The number of nitrogens with two attached hydrogens (primary N) is 1. The molecule has 0 aliphatic heterocycles. The Kier molecular flexibility index (Phi) is 3.61. The third kappa shape index (κ3) is 3.19. The zero-order chi connectivity index (χ0) is 12.3. The van der Waals surface area contributed by atoms with Gasteiger partial charge < -0.3 is 11.1 Å². The normalized spacial score (nSPS) is 24.3. The molecular formula is C13H19N3O. The predicted molar refractivity (Wildman–Crippen MR) is 67.5 cm³/mol. The maximum absolute atomic E-state index is 11.9. The van der Waals surface area contributed by atoms with Crippen LogP contribution in [-0.2, 0) is 0 Å². The summed E-state index contributed by atoms with van der Waals surface area (Å²) in [5.74, 6) is 1.10. The second-order valence-corrected chi connectivity index (χ2v) is 4.91. The van der Waals surface area contributed by atoms with Gasteiger partial charge in [0.25, 0.3) is 5.91 Å². The Morgan fingerprint density at radius 3 is 2.94 bits per heavy atom. The molecule has 1 saturated carbocycles. The minimum Gasteiger partial charge on any atom is -0.384 e. The van der Waals surface area contributed by atoms with Gasteiger partial charge in [-0.15, -0.1) is 0 Å². The van der Waals surface area contributed by atoms with Crippen LogP contribution in [0.15, 0.2) is 18.3 Å². The van der Waals surface area contributed by atoms with Crippen LogP contribution in [0.4, 0.5) is 5.82 Å². The lowest BCUT2D eigenvalue weighted by Crippen LogP contribution is -2.38. The first-order chi connectivity index (χ1) is 8.15. The lowest BCUT2D eigenvalue weighted by Gasteiger charge is -2.27. The lowest BCUT2D eigenvalue weighted by atomic mass is 9.87. The molecule has 3 N–H and O–H groups in total. The third-order valence-corrected chi connectivity index (χ3v) is 3.32. The highest BCUT2D eigenvalue weighted by Crippen LogP contribution is 2.23. The first-order valence-electron chi connectivity index (χ1n) is 6.17. The van der Waals surface area contributed by atoms with Crippen molar-refractivity contribution in [1.29, 1.82) is 0 Å². The van der Waals surface area contributed by atoms with Gasteiger partial charge in [0.05, 0.1) is 5.56 Å². The Bertz CT molecular complexity index is 388. The number of carbonyl (C=O) groups is 1. The van der Waals surface area contributed by atoms with Gasteiger partial charge in [0, 0.05) is 12.2 Å². The van der Waals surface area contributed by atoms with Gasteiger partial charge in [-0.2, -0.15) is 0 Å². The molecule has 1 aromatic heterocycles. The number of aromatic nitrogens is 1. The fourth-order valence-electron chi connectivity index (χ4n) is 2.37. The zero-order valence-electron chi connectivity index (χ0n) is 10.1. The summed E-state index contributed by atoms with van der Waals surface area (Å²) in [5.41, 5.74) is 6.07. The van der Waals surface area contributed by atoms with E-state index in [-0.39, 0.29) is 5.91 Å². The average molecular weight is 233 g/mol. The maximum Gasteiger partial charge on any atom is 0.253 e. The van der Waals surface area contributed by atoms with Gasteiger partial charge >= 0.3 is 0 Å². The molecule has 0 radical (unpaired) electrons. The van der Waals surface area contributed by atoms with Gasteiger partial charge in [0.2, 0.25) is 0 Å². The number of carbonyl (C=O) groups excluding carboxylic acids is 1. The van der Waals surface area contributed by atoms with Crippen LogP contribution in [0.3, 0.4) is 0 Å². The maximum atomic E-state index is 11.9. The number of nitrogens with one attached hydrogen (secondary N) is 1. The number of hydrogen-bond acceptors (Lipinski definition) is 3. The van der Waals surface area contributed by atoms with Crippen LogP contribution in [0.25, 0.3) is 0 Å². The number of amides is 1. The molecule has 0 spiro atoms. The van der Waals surface area contributed by atoms with Crippen LogP contribution < -0.4 is 11.1 Å².